The van der Waals surface area contributed by atoms with Crippen LogP contribution in [-0.4, -0.2) is 46.9 Å². The third-order valence-electron chi connectivity index (χ3n) is 5.20. The highest BCUT2D eigenvalue weighted by molar-refractivity contribution is 7.16. The van der Waals surface area contributed by atoms with Gasteiger partial charge in [0.1, 0.15) is 5.54 Å². The van der Waals surface area contributed by atoms with Crippen LogP contribution in [0.5, 0.6) is 0 Å². The summed E-state index contributed by atoms with van der Waals surface area (Å²) in [5.41, 5.74) is 11.7. The predicted molar refractivity (Wildman–Crippen MR) is 102 cm³/mol. The molecule has 10 heteroatoms. The van der Waals surface area contributed by atoms with Crippen molar-refractivity contribution in [1.29, 1.82) is 0 Å². The Bertz CT molecular complexity index is 951. The van der Waals surface area contributed by atoms with Crippen LogP contribution in [0.4, 0.5) is 15.3 Å². The number of nitrogens with zero attached hydrogens (tertiary/aromatic N) is 5. The van der Waals surface area contributed by atoms with Gasteiger partial charge in [0.05, 0.1) is 28.9 Å². The molecular weight excluding hydrogens is 369 g/mol. The Morgan fingerprint density at radius 1 is 1.26 bits per heavy atom. The quantitative estimate of drug-likeness (QED) is 0.792. The van der Waals surface area contributed by atoms with Crippen molar-refractivity contribution in [1.82, 2.24) is 14.9 Å². The largest absolute Gasteiger partial charge is 0.391 e. The summed E-state index contributed by atoms with van der Waals surface area (Å²) in [7, 11) is 1.61. The van der Waals surface area contributed by atoms with Gasteiger partial charge < -0.3 is 16.4 Å². The van der Waals surface area contributed by atoms with Gasteiger partial charge in [0.15, 0.2) is 11.8 Å². The summed E-state index contributed by atoms with van der Waals surface area (Å²) in [6.07, 6.45) is 0. The number of aliphatic imine (C=N–C) groups is 1. The second kappa shape index (κ2) is 5.88. The minimum Gasteiger partial charge on any atom is -0.391 e. The van der Waals surface area contributed by atoms with Gasteiger partial charge in [-0.25, -0.2) is 19.4 Å². The van der Waals surface area contributed by atoms with Gasteiger partial charge in [0.25, 0.3) is 0 Å². The summed E-state index contributed by atoms with van der Waals surface area (Å²) in [5, 5.41) is 0.640. The maximum atomic E-state index is 13.9. The molecule has 0 unspecified atom stereocenters. The van der Waals surface area contributed by atoms with Crippen molar-refractivity contribution in [2.75, 3.05) is 30.8 Å². The second-order valence-corrected chi connectivity index (χ2v) is 8.05. The molecule has 4 rings (SSSR count). The van der Waals surface area contributed by atoms with Crippen LogP contribution in [-0.2, 0) is 10.3 Å². The normalized spacial score (nSPS) is 25.0. The Balaban J connectivity index is 1.83. The molecule has 1 fully saturated rings. The van der Waals surface area contributed by atoms with Gasteiger partial charge in [-0.2, -0.15) is 0 Å². The summed E-state index contributed by atoms with van der Waals surface area (Å²) in [6, 6.07) is 3.68. The van der Waals surface area contributed by atoms with Crippen LogP contribution < -0.4 is 16.4 Å². The molecule has 0 spiro atoms. The van der Waals surface area contributed by atoms with Crippen molar-refractivity contribution in [2.45, 2.75) is 19.4 Å². The highest BCUT2D eigenvalue weighted by Gasteiger charge is 2.56. The van der Waals surface area contributed by atoms with Crippen molar-refractivity contribution >= 4 is 34.2 Å². The molecule has 2 atom stereocenters. The van der Waals surface area contributed by atoms with Gasteiger partial charge in [0.2, 0.25) is 11.9 Å². The molecule has 2 aliphatic heterocycles. The fourth-order valence-corrected chi connectivity index (χ4v) is 4.68. The maximum Gasteiger partial charge on any atom is 0.236 e. The van der Waals surface area contributed by atoms with E-state index in [0.717, 1.165) is 4.88 Å². The van der Waals surface area contributed by atoms with Crippen LogP contribution in [0, 0.1) is 25.6 Å². The third-order valence-corrected chi connectivity index (χ3v) is 6.29. The molecule has 1 saturated heterocycles. The zero-order valence-electron chi connectivity index (χ0n) is 15.2. The third kappa shape index (κ3) is 2.54. The first-order valence-electron chi connectivity index (χ1n) is 8.47. The summed E-state index contributed by atoms with van der Waals surface area (Å²) in [6.45, 7) is 3.92. The predicted octanol–water partition coefficient (Wildman–Crippen LogP) is 0.995. The van der Waals surface area contributed by atoms with E-state index < -0.39 is 17.3 Å². The van der Waals surface area contributed by atoms with E-state index in [2.05, 4.69) is 9.97 Å². The molecule has 0 bridgehead atoms. The molecule has 2 aromatic rings. The van der Waals surface area contributed by atoms with Gasteiger partial charge in [-0.1, -0.05) is 0 Å². The van der Waals surface area contributed by atoms with E-state index in [1.807, 2.05) is 11.0 Å². The van der Waals surface area contributed by atoms with E-state index in [9.17, 15) is 9.18 Å². The first-order chi connectivity index (χ1) is 12.7. The van der Waals surface area contributed by atoms with Crippen molar-refractivity contribution < 1.29 is 9.18 Å². The standard InChI is InChI=1S/C17H20FN7OS/c1-8-13(18)9(2)22-16(21-8)25-6-10-14(26)24(3)15(20)23-17(10,7-25)11-4-5-12(19)27-11/h4-5,10H,6-7,19H2,1-3H3,(H2,20,23)/t10-,17-/m0/s1. The maximum absolute atomic E-state index is 13.9. The molecule has 0 aromatic carbocycles. The van der Waals surface area contributed by atoms with Crippen molar-refractivity contribution in [3.8, 4) is 0 Å². The van der Waals surface area contributed by atoms with E-state index >= 15 is 0 Å². The highest BCUT2D eigenvalue weighted by Crippen LogP contribution is 2.47. The first kappa shape index (κ1) is 17.7. The van der Waals surface area contributed by atoms with E-state index in [1.165, 1.54) is 16.2 Å². The molecule has 142 valence electrons. The lowest BCUT2D eigenvalue weighted by Gasteiger charge is -2.36. The molecule has 1 amide bonds. The van der Waals surface area contributed by atoms with E-state index in [-0.39, 0.29) is 23.3 Å². The number of thiophene rings is 1. The monoisotopic (exact) mass is 389 g/mol. The van der Waals surface area contributed by atoms with Gasteiger partial charge in [-0.05, 0) is 26.0 Å². The first-order valence-corrected chi connectivity index (χ1v) is 9.29. The van der Waals surface area contributed by atoms with Gasteiger partial charge in [-0.3, -0.25) is 9.69 Å². The van der Waals surface area contributed by atoms with Crippen LogP contribution >= 0.6 is 11.3 Å². The Labute approximate surface area is 159 Å². The number of guanidine groups is 1. The zero-order chi connectivity index (χ0) is 19.5. The number of hydrogen-bond acceptors (Lipinski definition) is 8. The fraction of sp³-hybridized carbons (Fsp3) is 0.412. The lowest BCUT2D eigenvalue weighted by Crippen LogP contribution is -2.54. The van der Waals surface area contributed by atoms with Crippen LogP contribution in [0.2, 0.25) is 0 Å². The lowest BCUT2D eigenvalue weighted by molar-refractivity contribution is -0.132. The summed E-state index contributed by atoms with van der Waals surface area (Å²) < 4.78 is 13.9. The molecule has 2 aromatic heterocycles. The number of nitrogen functional groups attached to an aromatic ring is 1. The minimum absolute atomic E-state index is 0.118. The fourth-order valence-electron chi connectivity index (χ4n) is 3.73. The number of aryl methyl sites for hydroxylation is 2. The molecule has 0 aliphatic carbocycles. The summed E-state index contributed by atoms with van der Waals surface area (Å²) in [5.74, 6) is -0.449. The van der Waals surface area contributed by atoms with Crippen molar-refractivity contribution in [3.63, 3.8) is 0 Å². The number of rotatable bonds is 2. The van der Waals surface area contributed by atoms with E-state index in [4.69, 9.17) is 16.5 Å². The van der Waals surface area contributed by atoms with Crippen molar-refractivity contribution in [2.24, 2.45) is 16.6 Å². The van der Waals surface area contributed by atoms with Crippen LogP contribution in [0.25, 0.3) is 0 Å². The number of nitrogens with two attached hydrogens (primary N) is 2. The van der Waals surface area contributed by atoms with Crippen molar-refractivity contribution in [3.05, 3.63) is 34.2 Å². The summed E-state index contributed by atoms with van der Waals surface area (Å²) in [4.78, 5) is 30.4. The Morgan fingerprint density at radius 2 is 1.93 bits per heavy atom. The highest BCUT2D eigenvalue weighted by atomic mass is 32.1. The Kier molecular flexibility index (Phi) is 3.84. The van der Waals surface area contributed by atoms with Gasteiger partial charge in [-0.15, -0.1) is 11.3 Å². The van der Waals surface area contributed by atoms with Gasteiger partial charge >= 0.3 is 0 Å². The molecule has 2 aliphatic rings. The smallest absolute Gasteiger partial charge is 0.236 e. The van der Waals surface area contributed by atoms with Crippen LogP contribution in [0.15, 0.2) is 17.1 Å². The number of aromatic nitrogens is 2. The number of amides is 1. The SMILES string of the molecule is Cc1nc(N2C[C@H]3C(=O)N(C)C(N)=N[C@@]3(c3ccc(N)s3)C2)nc(C)c1F. The minimum atomic E-state index is -0.852. The molecule has 8 nitrogen and oxygen atoms in total. The van der Waals surface area contributed by atoms with E-state index in [0.29, 0.717) is 24.0 Å². The average molecular weight is 389 g/mol. The average Bonchev–Trinajstić information content (AvgIpc) is 3.22. The number of fused-ring (bicyclic) bond motifs is 1. The van der Waals surface area contributed by atoms with Gasteiger partial charge in [0, 0.05) is 18.5 Å². The number of carbonyl (C=O) groups excluding carboxylic acids is 1. The Morgan fingerprint density at radius 3 is 2.52 bits per heavy atom. The number of hydrogen-bond donors (Lipinski definition) is 2. The summed E-state index contributed by atoms with van der Waals surface area (Å²) >= 11 is 1.39. The van der Waals surface area contributed by atoms with Crippen LogP contribution in [0.1, 0.15) is 16.3 Å². The topological polar surface area (TPSA) is 114 Å². The molecular formula is C17H20FN7OS. The number of anilines is 2. The van der Waals surface area contributed by atoms with E-state index in [1.54, 1.807) is 27.0 Å². The number of carbonyl (C=O) groups is 1. The molecule has 0 radical (unpaired) electrons. The molecule has 27 heavy (non-hydrogen) atoms. The van der Waals surface area contributed by atoms with Crippen LogP contribution in [0.3, 0.4) is 0 Å². The molecule has 4 N–H and O–H groups in total. The zero-order valence-corrected chi connectivity index (χ0v) is 16.0. The lowest BCUT2D eigenvalue weighted by atomic mass is 9.84. The second-order valence-electron chi connectivity index (χ2n) is 6.94. The number of halogens is 1. The molecule has 4 heterocycles. The molecule has 0 saturated carbocycles. The Hall–Kier alpha value is -2.75.